The van der Waals surface area contributed by atoms with Crippen molar-refractivity contribution in [2.75, 3.05) is 6.61 Å². The summed E-state index contributed by atoms with van der Waals surface area (Å²) in [5, 5.41) is 15.8. The van der Waals surface area contributed by atoms with E-state index in [-0.39, 0.29) is 11.8 Å². The number of fused-ring (bicyclic) bond motifs is 1. The Bertz CT molecular complexity index is 1210. The maximum atomic E-state index is 13.7. The van der Waals surface area contributed by atoms with E-state index in [1.54, 1.807) is 12.3 Å². The second-order valence-corrected chi connectivity index (χ2v) is 8.93. The van der Waals surface area contributed by atoms with E-state index in [9.17, 15) is 13.6 Å². The number of nitriles is 1. The third kappa shape index (κ3) is 4.33. The van der Waals surface area contributed by atoms with E-state index >= 15 is 0 Å². The van der Waals surface area contributed by atoms with Crippen molar-refractivity contribution in [1.82, 2.24) is 14.8 Å². The zero-order valence-electron chi connectivity index (χ0n) is 18.1. The van der Waals surface area contributed by atoms with Gasteiger partial charge in [0.2, 0.25) is 5.91 Å². The Morgan fingerprint density at radius 1 is 1.09 bits per heavy atom. The first-order valence-electron chi connectivity index (χ1n) is 11.3. The van der Waals surface area contributed by atoms with E-state index in [1.807, 2.05) is 16.8 Å². The smallest absolute Gasteiger partial charge is 0.249 e. The van der Waals surface area contributed by atoms with E-state index in [0.717, 1.165) is 49.2 Å². The fourth-order valence-electron chi connectivity index (χ4n) is 5.08. The van der Waals surface area contributed by atoms with Crippen LogP contribution in [0.2, 0.25) is 0 Å². The molecule has 170 valence electrons. The lowest BCUT2D eigenvalue weighted by molar-refractivity contribution is -0.183. The van der Waals surface area contributed by atoms with Crippen LogP contribution in [0.3, 0.4) is 0 Å². The number of amides is 1. The van der Waals surface area contributed by atoms with Crippen LogP contribution < -0.4 is 0 Å². The van der Waals surface area contributed by atoms with E-state index < -0.39 is 17.7 Å². The van der Waals surface area contributed by atoms with Gasteiger partial charge in [-0.1, -0.05) is 0 Å². The summed E-state index contributed by atoms with van der Waals surface area (Å²) in [4.78, 5) is 18.8. The zero-order valence-corrected chi connectivity index (χ0v) is 18.1. The molecule has 0 unspecified atom stereocenters. The summed E-state index contributed by atoms with van der Waals surface area (Å²) in [7, 11) is 0. The molecule has 6 nitrogen and oxygen atoms in total. The molecule has 3 aromatic rings. The SMILES string of the molecule is N#Cc1ccc2c(cnn2CC2CCC(C(=O)N3OCC[C@H]3c3cc(F)cc(F)c3)CC2)c1. The lowest BCUT2D eigenvalue weighted by atomic mass is 9.81. The number of hydroxylamine groups is 2. The van der Waals surface area contributed by atoms with Crippen molar-refractivity contribution in [1.29, 1.82) is 5.26 Å². The van der Waals surface area contributed by atoms with Crippen molar-refractivity contribution in [2.45, 2.75) is 44.7 Å². The molecule has 2 heterocycles. The summed E-state index contributed by atoms with van der Waals surface area (Å²) >= 11 is 0. The van der Waals surface area contributed by atoms with Crippen molar-refractivity contribution in [3.05, 3.63) is 65.4 Å². The zero-order chi connectivity index (χ0) is 22.9. The van der Waals surface area contributed by atoms with Crippen molar-refractivity contribution >= 4 is 16.8 Å². The number of aromatic nitrogens is 2. The molecule has 2 fully saturated rings. The molecule has 1 atom stereocenters. The van der Waals surface area contributed by atoms with Crippen LogP contribution in [-0.4, -0.2) is 27.4 Å². The molecule has 1 amide bonds. The standard InChI is InChI=1S/C25H24F2N4O2/c26-21-10-19(11-22(27)12-21)24-7-8-33-31(24)25(32)18-4-1-16(2-5-18)15-30-23-6-3-17(13-28)9-20(23)14-29-30/h3,6,9-12,14,16,18,24H,1-2,4-5,7-8,15H2/t16?,18?,24-/m0/s1. The van der Waals surface area contributed by atoms with Gasteiger partial charge in [-0.3, -0.25) is 14.3 Å². The number of hydrogen-bond donors (Lipinski definition) is 0. The molecule has 2 aromatic carbocycles. The highest BCUT2D eigenvalue weighted by molar-refractivity contribution is 5.80. The summed E-state index contributed by atoms with van der Waals surface area (Å²) < 4.78 is 29.4. The van der Waals surface area contributed by atoms with Gasteiger partial charge in [0.15, 0.2) is 0 Å². The molecule has 1 saturated carbocycles. The van der Waals surface area contributed by atoms with Crippen LogP contribution in [0.25, 0.3) is 10.9 Å². The molecule has 1 saturated heterocycles. The minimum Gasteiger partial charge on any atom is -0.272 e. The molecule has 0 spiro atoms. The molecule has 2 aliphatic rings. The highest BCUT2D eigenvalue weighted by atomic mass is 19.1. The molecule has 0 N–H and O–H groups in total. The van der Waals surface area contributed by atoms with Crippen molar-refractivity contribution < 1.29 is 18.4 Å². The molecule has 0 radical (unpaired) electrons. The number of benzene rings is 2. The van der Waals surface area contributed by atoms with Gasteiger partial charge in [-0.05, 0) is 67.5 Å². The average molecular weight is 450 g/mol. The first kappa shape index (κ1) is 21.5. The second kappa shape index (κ2) is 8.91. The molecular formula is C25H24F2N4O2. The lowest BCUT2D eigenvalue weighted by Gasteiger charge is -2.32. The first-order chi connectivity index (χ1) is 16.0. The predicted molar refractivity (Wildman–Crippen MR) is 116 cm³/mol. The topological polar surface area (TPSA) is 71.2 Å². The second-order valence-electron chi connectivity index (χ2n) is 8.93. The number of carbonyl (C=O) groups excluding carboxylic acids is 1. The molecule has 0 bridgehead atoms. The minimum absolute atomic E-state index is 0.103. The Morgan fingerprint density at radius 3 is 2.58 bits per heavy atom. The molecule has 1 aromatic heterocycles. The summed E-state index contributed by atoms with van der Waals surface area (Å²) in [5.41, 5.74) is 2.05. The van der Waals surface area contributed by atoms with Crippen LogP contribution >= 0.6 is 0 Å². The Hall–Kier alpha value is -3.31. The first-order valence-corrected chi connectivity index (χ1v) is 11.3. The predicted octanol–water partition coefficient (Wildman–Crippen LogP) is 4.90. The Morgan fingerprint density at radius 2 is 1.85 bits per heavy atom. The summed E-state index contributed by atoms with van der Waals surface area (Å²) in [6.45, 7) is 1.12. The van der Waals surface area contributed by atoms with Crippen molar-refractivity contribution in [2.24, 2.45) is 11.8 Å². The monoisotopic (exact) mass is 450 g/mol. The summed E-state index contributed by atoms with van der Waals surface area (Å²) in [6.07, 6.45) is 5.56. The highest BCUT2D eigenvalue weighted by Gasteiger charge is 2.37. The molecule has 33 heavy (non-hydrogen) atoms. The van der Waals surface area contributed by atoms with E-state index in [1.165, 1.54) is 17.2 Å². The summed E-state index contributed by atoms with van der Waals surface area (Å²) in [6, 6.07) is 10.6. The van der Waals surface area contributed by atoms with Gasteiger partial charge in [0.25, 0.3) is 0 Å². The van der Waals surface area contributed by atoms with Crippen LogP contribution in [0.4, 0.5) is 8.78 Å². The molecular weight excluding hydrogens is 426 g/mol. The van der Waals surface area contributed by atoms with E-state index in [4.69, 9.17) is 10.1 Å². The lowest BCUT2D eigenvalue weighted by Crippen LogP contribution is -2.37. The van der Waals surface area contributed by atoms with Gasteiger partial charge in [0, 0.05) is 30.3 Å². The van der Waals surface area contributed by atoms with Crippen LogP contribution in [0, 0.1) is 34.8 Å². The van der Waals surface area contributed by atoms with Crippen LogP contribution in [0.5, 0.6) is 0 Å². The van der Waals surface area contributed by atoms with Crippen LogP contribution in [0.15, 0.2) is 42.6 Å². The van der Waals surface area contributed by atoms with Gasteiger partial charge < -0.3 is 0 Å². The van der Waals surface area contributed by atoms with E-state index in [2.05, 4.69) is 11.2 Å². The fourth-order valence-corrected chi connectivity index (χ4v) is 5.08. The molecule has 8 heteroatoms. The number of nitrogens with zero attached hydrogens (tertiary/aromatic N) is 4. The number of rotatable bonds is 4. The average Bonchev–Trinajstić information content (AvgIpc) is 3.46. The van der Waals surface area contributed by atoms with Crippen LogP contribution in [0.1, 0.15) is 49.3 Å². The largest absolute Gasteiger partial charge is 0.272 e. The van der Waals surface area contributed by atoms with Crippen molar-refractivity contribution in [3.63, 3.8) is 0 Å². The fraction of sp³-hybridized carbons (Fsp3) is 0.400. The molecule has 1 aliphatic carbocycles. The third-order valence-electron chi connectivity index (χ3n) is 6.79. The Balaban J connectivity index is 1.22. The van der Waals surface area contributed by atoms with Crippen LogP contribution in [-0.2, 0) is 16.2 Å². The van der Waals surface area contributed by atoms with Gasteiger partial charge in [0.05, 0.1) is 36.0 Å². The molecule has 5 rings (SSSR count). The normalized spacial score (nSPS) is 23.1. The maximum Gasteiger partial charge on any atom is 0.249 e. The Labute approximate surface area is 190 Å². The van der Waals surface area contributed by atoms with Gasteiger partial charge in [0.1, 0.15) is 11.6 Å². The third-order valence-corrected chi connectivity index (χ3v) is 6.79. The van der Waals surface area contributed by atoms with Crippen molar-refractivity contribution in [3.8, 4) is 6.07 Å². The number of halogens is 2. The quantitative estimate of drug-likeness (QED) is 0.567. The minimum atomic E-state index is -0.653. The maximum absolute atomic E-state index is 13.7. The van der Waals surface area contributed by atoms with E-state index in [0.29, 0.717) is 30.1 Å². The highest BCUT2D eigenvalue weighted by Crippen LogP contribution is 2.37. The van der Waals surface area contributed by atoms with Gasteiger partial charge in [-0.25, -0.2) is 13.8 Å². The van der Waals surface area contributed by atoms with Gasteiger partial charge in [-0.15, -0.1) is 0 Å². The Kier molecular flexibility index (Phi) is 5.81. The number of carbonyl (C=O) groups is 1. The number of hydrogen-bond acceptors (Lipinski definition) is 4. The van der Waals surface area contributed by atoms with Gasteiger partial charge in [-0.2, -0.15) is 10.4 Å². The summed E-state index contributed by atoms with van der Waals surface area (Å²) in [5.74, 6) is -1.16. The molecule has 1 aliphatic heterocycles. The van der Waals surface area contributed by atoms with Gasteiger partial charge >= 0.3 is 0 Å².